The smallest absolute Gasteiger partial charge is 0.269 e. The van der Waals surface area contributed by atoms with Crippen LogP contribution in [-0.2, 0) is 32.6 Å². The quantitative estimate of drug-likeness (QED) is 0.312. The molecule has 0 saturated heterocycles. The van der Waals surface area contributed by atoms with Crippen LogP contribution in [0.3, 0.4) is 0 Å². The van der Waals surface area contributed by atoms with Gasteiger partial charge in [0.15, 0.2) is 0 Å². The third-order valence-corrected chi connectivity index (χ3v) is 10.3. The van der Waals surface area contributed by atoms with E-state index >= 15 is 0 Å². The normalized spacial score (nSPS) is 16.7. The Morgan fingerprint density at radius 1 is 0.929 bits per heavy atom. The summed E-state index contributed by atoms with van der Waals surface area (Å²) < 4.78 is 27.7. The van der Waals surface area contributed by atoms with E-state index in [2.05, 4.69) is 21.2 Å². The summed E-state index contributed by atoms with van der Waals surface area (Å²) in [5, 5.41) is 3.18. The van der Waals surface area contributed by atoms with Gasteiger partial charge in [0.1, 0.15) is 10.9 Å². The second kappa shape index (κ2) is 13.2. The van der Waals surface area contributed by atoms with E-state index in [1.807, 2.05) is 54.6 Å². The summed E-state index contributed by atoms with van der Waals surface area (Å²) in [4.78, 5) is 42.1. The highest BCUT2D eigenvalue weighted by Gasteiger charge is 2.40. The first-order valence-corrected chi connectivity index (χ1v) is 16.5. The standard InChI is InChI=1S/C32H34BrN3O5S/c33-25-18-16-24(17-19-25)22-35(28(21-23-9-2-1-3-10-23)31(38)34-26-11-4-5-12-26)30(37)15-8-20-36-32(39)27-13-6-7-14-29(27)42(36,40)41/h1-3,6-7,9-10,13-14,16-19,26,28H,4-5,8,11-12,15,20-22H2,(H,34,38). The summed E-state index contributed by atoms with van der Waals surface area (Å²) in [5.74, 6) is -1.05. The number of hydrogen-bond acceptors (Lipinski definition) is 5. The van der Waals surface area contributed by atoms with Crippen molar-refractivity contribution in [1.82, 2.24) is 14.5 Å². The van der Waals surface area contributed by atoms with Gasteiger partial charge in [0.25, 0.3) is 15.9 Å². The zero-order valence-electron chi connectivity index (χ0n) is 23.2. The molecule has 1 N–H and O–H groups in total. The van der Waals surface area contributed by atoms with Crippen LogP contribution in [0.25, 0.3) is 0 Å². The van der Waals surface area contributed by atoms with Crippen molar-refractivity contribution in [2.24, 2.45) is 0 Å². The van der Waals surface area contributed by atoms with Gasteiger partial charge in [-0.3, -0.25) is 14.4 Å². The Bertz CT molecular complexity index is 1540. The van der Waals surface area contributed by atoms with Gasteiger partial charge in [-0.1, -0.05) is 83.4 Å². The van der Waals surface area contributed by atoms with E-state index in [1.165, 1.54) is 12.1 Å². The predicted octanol–water partition coefficient (Wildman–Crippen LogP) is 5.07. The van der Waals surface area contributed by atoms with E-state index in [-0.39, 0.29) is 54.2 Å². The summed E-state index contributed by atoms with van der Waals surface area (Å²) in [6.07, 6.45) is 4.44. The van der Waals surface area contributed by atoms with Gasteiger partial charge in [0, 0.05) is 36.4 Å². The Morgan fingerprint density at radius 3 is 2.29 bits per heavy atom. The number of hydrogen-bond donors (Lipinski definition) is 1. The number of nitrogens with one attached hydrogen (secondary N) is 1. The highest BCUT2D eigenvalue weighted by Crippen LogP contribution is 2.30. The third kappa shape index (κ3) is 6.76. The van der Waals surface area contributed by atoms with Crippen LogP contribution in [0.1, 0.15) is 60.0 Å². The topological polar surface area (TPSA) is 104 Å². The first-order valence-electron chi connectivity index (χ1n) is 14.3. The van der Waals surface area contributed by atoms with Crippen molar-refractivity contribution >= 4 is 43.7 Å². The first-order chi connectivity index (χ1) is 20.2. The average molecular weight is 653 g/mol. The molecule has 0 bridgehead atoms. The Hall–Kier alpha value is -3.50. The number of amides is 3. The van der Waals surface area contributed by atoms with Crippen LogP contribution in [0, 0.1) is 0 Å². The Balaban J connectivity index is 1.37. The van der Waals surface area contributed by atoms with Crippen molar-refractivity contribution in [2.75, 3.05) is 6.54 Å². The van der Waals surface area contributed by atoms with Crippen molar-refractivity contribution in [2.45, 2.75) is 68.5 Å². The van der Waals surface area contributed by atoms with Crippen molar-refractivity contribution < 1.29 is 22.8 Å². The minimum atomic E-state index is -3.96. The van der Waals surface area contributed by atoms with Gasteiger partial charge < -0.3 is 10.2 Å². The van der Waals surface area contributed by atoms with Gasteiger partial charge in [-0.15, -0.1) is 0 Å². The molecule has 2 aliphatic rings. The molecule has 1 aliphatic carbocycles. The molecule has 0 aromatic heterocycles. The molecule has 1 saturated carbocycles. The fourth-order valence-corrected chi connectivity index (χ4v) is 7.55. The lowest BCUT2D eigenvalue weighted by Gasteiger charge is -2.32. The molecule has 10 heteroatoms. The third-order valence-electron chi connectivity index (χ3n) is 7.90. The minimum Gasteiger partial charge on any atom is -0.352 e. The summed E-state index contributed by atoms with van der Waals surface area (Å²) in [6.45, 7) is 0.0966. The number of benzene rings is 3. The van der Waals surface area contributed by atoms with Crippen LogP contribution in [0.4, 0.5) is 0 Å². The van der Waals surface area contributed by atoms with Crippen LogP contribution >= 0.6 is 15.9 Å². The molecule has 5 rings (SSSR count). The van der Waals surface area contributed by atoms with Crippen LogP contribution in [0.15, 0.2) is 88.2 Å². The maximum atomic E-state index is 13.9. The van der Waals surface area contributed by atoms with Crippen LogP contribution < -0.4 is 5.32 Å². The second-order valence-electron chi connectivity index (χ2n) is 10.8. The molecule has 1 aliphatic heterocycles. The summed E-state index contributed by atoms with van der Waals surface area (Å²) in [5.41, 5.74) is 1.95. The number of carbonyl (C=O) groups is 3. The molecule has 0 radical (unpaired) electrons. The van der Waals surface area contributed by atoms with Crippen molar-refractivity contribution in [3.63, 3.8) is 0 Å². The van der Waals surface area contributed by atoms with E-state index < -0.39 is 22.0 Å². The molecular formula is C32H34BrN3O5S. The first kappa shape index (κ1) is 30.0. The molecule has 42 heavy (non-hydrogen) atoms. The number of carbonyl (C=O) groups excluding carboxylic acids is 3. The van der Waals surface area contributed by atoms with E-state index in [4.69, 9.17) is 0 Å². The molecule has 3 amide bonds. The number of nitrogens with zero attached hydrogens (tertiary/aromatic N) is 2. The lowest BCUT2D eigenvalue weighted by Crippen LogP contribution is -2.52. The van der Waals surface area contributed by atoms with Crippen LogP contribution in [0.2, 0.25) is 0 Å². The maximum absolute atomic E-state index is 13.9. The molecule has 1 heterocycles. The highest BCUT2D eigenvalue weighted by molar-refractivity contribution is 9.10. The molecule has 3 aromatic carbocycles. The minimum absolute atomic E-state index is 0.00954. The number of rotatable bonds is 11. The molecule has 1 atom stereocenters. The Labute approximate surface area is 255 Å². The molecule has 0 spiro atoms. The van der Waals surface area contributed by atoms with Gasteiger partial charge in [-0.05, 0) is 54.7 Å². The second-order valence-corrected chi connectivity index (χ2v) is 13.6. The van der Waals surface area contributed by atoms with Gasteiger partial charge in [0.05, 0.1) is 5.56 Å². The van der Waals surface area contributed by atoms with Crippen molar-refractivity contribution in [3.8, 4) is 0 Å². The average Bonchev–Trinajstić information content (AvgIpc) is 3.57. The van der Waals surface area contributed by atoms with Gasteiger partial charge in [-0.2, -0.15) is 0 Å². The fourth-order valence-electron chi connectivity index (χ4n) is 5.68. The molecular weight excluding hydrogens is 618 g/mol. The van der Waals surface area contributed by atoms with E-state index in [0.29, 0.717) is 6.42 Å². The van der Waals surface area contributed by atoms with Crippen LogP contribution in [0.5, 0.6) is 0 Å². The highest BCUT2D eigenvalue weighted by atomic mass is 79.9. The lowest BCUT2D eigenvalue weighted by atomic mass is 10.0. The predicted molar refractivity (Wildman–Crippen MR) is 163 cm³/mol. The number of halogens is 1. The van der Waals surface area contributed by atoms with Crippen molar-refractivity contribution in [1.29, 1.82) is 0 Å². The largest absolute Gasteiger partial charge is 0.352 e. The van der Waals surface area contributed by atoms with Gasteiger partial charge in [0.2, 0.25) is 11.8 Å². The van der Waals surface area contributed by atoms with Gasteiger partial charge >= 0.3 is 0 Å². The Morgan fingerprint density at radius 2 is 1.60 bits per heavy atom. The molecule has 3 aromatic rings. The summed E-state index contributed by atoms with van der Waals surface area (Å²) >= 11 is 3.45. The zero-order valence-corrected chi connectivity index (χ0v) is 25.6. The molecule has 220 valence electrons. The number of sulfonamides is 1. The molecule has 1 fully saturated rings. The van der Waals surface area contributed by atoms with E-state index in [1.54, 1.807) is 17.0 Å². The van der Waals surface area contributed by atoms with Crippen LogP contribution in [-0.4, -0.2) is 54.0 Å². The lowest BCUT2D eigenvalue weighted by molar-refractivity contribution is -0.141. The summed E-state index contributed by atoms with van der Waals surface area (Å²) in [7, 11) is -3.96. The Kier molecular flexibility index (Phi) is 9.43. The SMILES string of the molecule is O=C(NC1CCCC1)C(Cc1ccccc1)N(Cc1ccc(Br)cc1)C(=O)CCCN1C(=O)c2ccccc2S1(=O)=O. The number of fused-ring (bicyclic) bond motifs is 1. The molecule has 8 nitrogen and oxygen atoms in total. The van der Waals surface area contributed by atoms with Gasteiger partial charge in [-0.25, -0.2) is 12.7 Å². The van der Waals surface area contributed by atoms with E-state index in [9.17, 15) is 22.8 Å². The zero-order chi connectivity index (χ0) is 29.7. The fraction of sp³-hybridized carbons (Fsp3) is 0.344. The molecule has 1 unspecified atom stereocenters. The van der Waals surface area contributed by atoms with Crippen molar-refractivity contribution in [3.05, 3.63) is 100 Å². The maximum Gasteiger partial charge on any atom is 0.269 e. The monoisotopic (exact) mass is 651 g/mol. The summed E-state index contributed by atoms with van der Waals surface area (Å²) in [6, 6.07) is 22.7. The van der Waals surface area contributed by atoms with E-state index in [0.717, 1.165) is 45.6 Å².